The first kappa shape index (κ1) is 17.4. The Morgan fingerprint density at radius 3 is 1.67 bits per heavy atom. The highest BCUT2D eigenvalue weighted by Gasteiger charge is 2.16. The molecule has 4 heteroatoms. The first-order chi connectivity index (χ1) is 13.3. The molecule has 0 unspecified atom stereocenters. The zero-order chi connectivity index (χ0) is 18.5. The van der Waals surface area contributed by atoms with Gasteiger partial charge < -0.3 is 20.6 Å². The minimum atomic E-state index is -0.139. The van der Waals surface area contributed by atoms with Crippen LogP contribution in [0, 0.1) is 6.07 Å². The predicted molar refractivity (Wildman–Crippen MR) is 112 cm³/mol. The van der Waals surface area contributed by atoms with Crippen LogP contribution in [0.25, 0.3) is 0 Å². The molecule has 0 aromatic heterocycles. The van der Waals surface area contributed by atoms with Crippen molar-refractivity contribution in [2.45, 2.75) is 18.9 Å². The quantitative estimate of drug-likeness (QED) is 0.605. The average Bonchev–Trinajstić information content (AvgIpc) is 2.72. The molecule has 0 atom stereocenters. The summed E-state index contributed by atoms with van der Waals surface area (Å²) in [5, 5.41) is 16.5. The van der Waals surface area contributed by atoms with Crippen LogP contribution in [0.3, 0.4) is 0 Å². The molecular weight excluding hydrogens is 334 g/mol. The fraction of sp³-hybridized carbons (Fsp3) is 0.217. The summed E-state index contributed by atoms with van der Waals surface area (Å²) in [4.78, 5) is 2.33. The van der Waals surface area contributed by atoms with Crippen molar-refractivity contribution in [2.24, 2.45) is 0 Å². The van der Waals surface area contributed by atoms with Gasteiger partial charge in [0.05, 0.1) is 6.10 Å². The Kier molecular flexibility index (Phi) is 5.26. The molecule has 0 spiro atoms. The Balaban J connectivity index is 1.36. The van der Waals surface area contributed by atoms with Gasteiger partial charge >= 0.3 is 0 Å². The molecule has 0 saturated carbocycles. The third kappa shape index (κ3) is 4.60. The van der Waals surface area contributed by atoms with Gasteiger partial charge in [-0.2, -0.15) is 0 Å². The first-order valence-electron chi connectivity index (χ1n) is 9.39. The zero-order valence-electron chi connectivity index (χ0n) is 15.2. The number of nitrogens with one attached hydrogen (secondary N) is 2. The van der Waals surface area contributed by atoms with E-state index in [4.69, 9.17) is 0 Å². The topological polar surface area (TPSA) is 47.5 Å². The van der Waals surface area contributed by atoms with E-state index in [1.54, 1.807) is 0 Å². The lowest BCUT2D eigenvalue weighted by Crippen LogP contribution is -2.35. The smallest absolute Gasteiger partial charge is 0.0574 e. The van der Waals surface area contributed by atoms with Crippen LogP contribution in [0.2, 0.25) is 0 Å². The SMILES string of the molecule is OC1CCN(c2ccc(Nc3ccc(Nc4cc[c]cc4)cc3)cc2)CC1. The van der Waals surface area contributed by atoms with Gasteiger partial charge in [-0.05, 0) is 79.6 Å². The van der Waals surface area contributed by atoms with Crippen molar-refractivity contribution in [1.82, 2.24) is 0 Å². The second-order valence-corrected chi connectivity index (χ2v) is 6.88. The maximum atomic E-state index is 9.64. The van der Waals surface area contributed by atoms with E-state index in [2.05, 4.69) is 70.1 Å². The molecule has 3 N–H and O–H groups in total. The molecule has 4 rings (SSSR count). The third-order valence-electron chi connectivity index (χ3n) is 4.88. The number of nitrogens with zero attached hydrogens (tertiary/aromatic N) is 1. The molecule has 0 bridgehead atoms. The number of piperidine rings is 1. The molecule has 0 aliphatic carbocycles. The normalized spacial score (nSPS) is 14.8. The molecule has 3 aromatic carbocycles. The van der Waals surface area contributed by atoms with Crippen molar-refractivity contribution in [2.75, 3.05) is 28.6 Å². The summed E-state index contributed by atoms with van der Waals surface area (Å²) in [5.74, 6) is 0. The fourth-order valence-electron chi connectivity index (χ4n) is 3.32. The van der Waals surface area contributed by atoms with Crippen LogP contribution in [0.15, 0.2) is 72.8 Å². The van der Waals surface area contributed by atoms with Crippen molar-refractivity contribution in [3.05, 3.63) is 78.9 Å². The van der Waals surface area contributed by atoms with Gasteiger partial charge in [0.2, 0.25) is 0 Å². The van der Waals surface area contributed by atoms with Gasteiger partial charge in [0, 0.05) is 41.5 Å². The van der Waals surface area contributed by atoms with Crippen LogP contribution >= 0.6 is 0 Å². The summed E-state index contributed by atoms with van der Waals surface area (Å²) in [6, 6.07) is 27.6. The Morgan fingerprint density at radius 2 is 1.15 bits per heavy atom. The number of aliphatic hydroxyl groups is 1. The number of benzene rings is 3. The molecule has 1 aliphatic heterocycles. The van der Waals surface area contributed by atoms with Gasteiger partial charge in [0.25, 0.3) is 0 Å². The van der Waals surface area contributed by atoms with Crippen molar-refractivity contribution in [1.29, 1.82) is 0 Å². The summed E-state index contributed by atoms with van der Waals surface area (Å²) in [6.45, 7) is 1.84. The summed E-state index contributed by atoms with van der Waals surface area (Å²) in [5.41, 5.74) is 5.43. The lowest BCUT2D eigenvalue weighted by molar-refractivity contribution is 0.145. The Hall–Kier alpha value is -2.98. The van der Waals surface area contributed by atoms with E-state index in [-0.39, 0.29) is 6.10 Å². The van der Waals surface area contributed by atoms with Crippen molar-refractivity contribution in [3.63, 3.8) is 0 Å². The third-order valence-corrected chi connectivity index (χ3v) is 4.88. The zero-order valence-corrected chi connectivity index (χ0v) is 15.2. The molecule has 1 saturated heterocycles. The molecule has 1 aliphatic rings. The van der Waals surface area contributed by atoms with E-state index in [1.165, 1.54) is 5.69 Å². The maximum Gasteiger partial charge on any atom is 0.0574 e. The first-order valence-corrected chi connectivity index (χ1v) is 9.39. The van der Waals surface area contributed by atoms with Crippen LogP contribution in [-0.4, -0.2) is 24.3 Å². The van der Waals surface area contributed by atoms with E-state index in [9.17, 15) is 5.11 Å². The lowest BCUT2D eigenvalue weighted by atomic mass is 10.1. The molecule has 1 radical (unpaired) electrons. The number of aliphatic hydroxyl groups excluding tert-OH is 1. The number of hydrogen-bond donors (Lipinski definition) is 3. The Bertz CT molecular complexity index is 839. The highest BCUT2D eigenvalue weighted by Crippen LogP contribution is 2.25. The van der Waals surface area contributed by atoms with Crippen molar-refractivity contribution >= 4 is 28.4 Å². The maximum absolute atomic E-state index is 9.64. The van der Waals surface area contributed by atoms with Gasteiger partial charge in [0.15, 0.2) is 0 Å². The van der Waals surface area contributed by atoms with Gasteiger partial charge in [-0.25, -0.2) is 0 Å². The predicted octanol–water partition coefficient (Wildman–Crippen LogP) is 4.94. The van der Waals surface area contributed by atoms with Crippen LogP contribution in [0.4, 0.5) is 28.4 Å². The minimum Gasteiger partial charge on any atom is -0.393 e. The summed E-state index contributed by atoms with van der Waals surface area (Å²) < 4.78 is 0. The highest BCUT2D eigenvalue weighted by molar-refractivity contribution is 5.67. The highest BCUT2D eigenvalue weighted by atomic mass is 16.3. The minimum absolute atomic E-state index is 0.139. The van der Waals surface area contributed by atoms with Crippen LogP contribution in [0.1, 0.15) is 12.8 Å². The van der Waals surface area contributed by atoms with E-state index in [1.807, 2.05) is 24.3 Å². The second-order valence-electron chi connectivity index (χ2n) is 6.88. The van der Waals surface area contributed by atoms with Gasteiger partial charge in [-0.15, -0.1) is 0 Å². The molecule has 3 aromatic rings. The molecular formula is C23H24N3O. The molecule has 27 heavy (non-hydrogen) atoms. The standard InChI is InChI=1S/C23H24N3O/c27-23-14-16-26(17-15-23)22-12-10-21(11-13-22)25-20-8-6-19(7-9-20)24-18-4-2-1-3-5-18/h2-13,23-25,27H,14-17H2. The van der Waals surface area contributed by atoms with E-state index >= 15 is 0 Å². The van der Waals surface area contributed by atoms with Crippen molar-refractivity contribution < 1.29 is 5.11 Å². The van der Waals surface area contributed by atoms with Crippen molar-refractivity contribution in [3.8, 4) is 0 Å². The number of hydrogen-bond acceptors (Lipinski definition) is 4. The number of rotatable bonds is 5. The van der Waals surface area contributed by atoms with E-state index in [0.29, 0.717) is 0 Å². The lowest BCUT2D eigenvalue weighted by Gasteiger charge is -2.31. The molecule has 1 fully saturated rings. The summed E-state index contributed by atoms with van der Waals surface area (Å²) in [6.07, 6.45) is 1.56. The van der Waals surface area contributed by atoms with Crippen LogP contribution in [-0.2, 0) is 0 Å². The summed E-state index contributed by atoms with van der Waals surface area (Å²) >= 11 is 0. The molecule has 1 heterocycles. The molecule has 137 valence electrons. The molecule has 4 nitrogen and oxygen atoms in total. The van der Waals surface area contributed by atoms with Gasteiger partial charge in [-0.3, -0.25) is 0 Å². The largest absolute Gasteiger partial charge is 0.393 e. The van der Waals surface area contributed by atoms with E-state index < -0.39 is 0 Å². The van der Waals surface area contributed by atoms with Crippen LogP contribution in [0.5, 0.6) is 0 Å². The Morgan fingerprint density at radius 1 is 0.704 bits per heavy atom. The average molecular weight is 358 g/mol. The van der Waals surface area contributed by atoms with Crippen LogP contribution < -0.4 is 15.5 Å². The van der Waals surface area contributed by atoms with Gasteiger partial charge in [-0.1, -0.05) is 12.1 Å². The second kappa shape index (κ2) is 8.14. The van der Waals surface area contributed by atoms with Gasteiger partial charge in [0.1, 0.15) is 0 Å². The Labute approximate surface area is 160 Å². The molecule has 0 amide bonds. The fourth-order valence-corrected chi connectivity index (χ4v) is 3.32. The number of anilines is 5. The monoisotopic (exact) mass is 358 g/mol. The summed E-state index contributed by atoms with van der Waals surface area (Å²) in [7, 11) is 0. The van der Waals surface area contributed by atoms with E-state index in [0.717, 1.165) is 48.7 Å².